The number of carbonyl (C=O) groups is 1. The number of carbonyl (C=O) groups excluding carboxylic acids is 1. The maximum absolute atomic E-state index is 13.3. The molecule has 1 rings (SSSR count). The van der Waals surface area contributed by atoms with Crippen molar-refractivity contribution in [2.24, 2.45) is 0 Å². The van der Waals surface area contributed by atoms with Crippen LogP contribution >= 0.6 is 11.6 Å². The fourth-order valence-corrected chi connectivity index (χ4v) is 1.53. The van der Waals surface area contributed by atoms with Crippen molar-refractivity contribution in [3.63, 3.8) is 0 Å². The molecule has 0 aliphatic rings. The fraction of sp³-hybridized carbons (Fsp3) is 0.364. The fourth-order valence-electron chi connectivity index (χ4n) is 1.27. The molecule has 0 saturated heterocycles. The maximum Gasteiger partial charge on any atom is 0.167 e. The summed E-state index contributed by atoms with van der Waals surface area (Å²) in [5.41, 5.74) is -0.0183. The molecular weight excluding hydrogens is 219 g/mol. The second-order valence-corrected chi connectivity index (χ2v) is 3.52. The average Bonchev–Trinajstić information content (AvgIpc) is 2.18. The molecule has 2 nitrogen and oxygen atoms in total. The summed E-state index contributed by atoms with van der Waals surface area (Å²) >= 11 is 5.75. The van der Waals surface area contributed by atoms with Crippen molar-refractivity contribution < 1.29 is 13.9 Å². The molecule has 15 heavy (non-hydrogen) atoms. The molecule has 0 heterocycles. The lowest BCUT2D eigenvalue weighted by molar-refractivity contribution is 0.0959. The lowest BCUT2D eigenvalue weighted by Gasteiger charge is -2.04. The van der Waals surface area contributed by atoms with Gasteiger partial charge in [-0.15, -0.1) is 0 Å². The molecule has 0 amide bonds. The van der Waals surface area contributed by atoms with Crippen molar-refractivity contribution in [3.8, 4) is 0 Å². The van der Waals surface area contributed by atoms with Crippen LogP contribution in [0.25, 0.3) is 0 Å². The summed E-state index contributed by atoms with van der Waals surface area (Å²) in [7, 11) is 1.56. The number of rotatable bonds is 5. The number of Topliss-reactive ketones (excluding diaryl/α,β-unsaturated/α-hetero) is 1. The largest absolute Gasteiger partial charge is 0.385 e. The normalized spacial score (nSPS) is 10.3. The molecule has 1 aromatic rings. The van der Waals surface area contributed by atoms with E-state index in [1.165, 1.54) is 18.2 Å². The summed E-state index contributed by atoms with van der Waals surface area (Å²) < 4.78 is 18.1. The Bertz CT molecular complexity index is 332. The molecule has 0 unspecified atom stereocenters. The Morgan fingerprint density at radius 3 is 2.87 bits per heavy atom. The van der Waals surface area contributed by atoms with E-state index in [2.05, 4.69) is 0 Å². The topological polar surface area (TPSA) is 26.3 Å². The molecule has 0 N–H and O–H groups in total. The monoisotopic (exact) mass is 230 g/mol. The van der Waals surface area contributed by atoms with E-state index in [1.54, 1.807) is 7.11 Å². The van der Waals surface area contributed by atoms with Crippen LogP contribution in [0.4, 0.5) is 4.39 Å². The first-order valence-corrected chi connectivity index (χ1v) is 5.00. The summed E-state index contributed by atoms with van der Waals surface area (Å²) in [4.78, 5) is 11.6. The Morgan fingerprint density at radius 1 is 1.53 bits per heavy atom. The van der Waals surface area contributed by atoms with Crippen LogP contribution in [0.2, 0.25) is 5.02 Å². The predicted octanol–water partition coefficient (Wildman–Crippen LogP) is 3.09. The van der Waals surface area contributed by atoms with E-state index in [9.17, 15) is 9.18 Å². The minimum atomic E-state index is -0.565. The first-order chi connectivity index (χ1) is 7.16. The molecule has 0 fully saturated rings. The molecule has 82 valence electrons. The van der Waals surface area contributed by atoms with Gasteiger partial charge in [0.25, 0.3) is 0 Å². The maximum atomic E-state index is 13.3. The summed E-state index contributed by atoms with van der Waals surface area (Å²) in [6, 6.07) is 4.22. The number of halogens is 2. The lowest BCUT2D eigenvalue weighted by Crippen LogP contribution is -2.04. The van der Waals surface area contributed by atoms with Crippen LogP contribution < -0.4 is 0 Å². The van der Waals surface area contributed by atoms with Crippen LogP contribution in [-0.4, -0.2) is 19.5 Å². The van der Waals surface area contributed by atoms with Crippen LogP contribution in [0, 0.1) is 5.82 Å². The van der Waals surface area contributed by atoms with Gasteiger partial charge in [0.15, 0.2) is 5.78 Å². The van der Waals surface area contributed by atoms with E-state index in [-0.39, 0.29) is 22.8 Å². The van der Waals surface area contributed by atoms with Crippen LogP contribution in [0.5, 0.6) is 0 Å². The summed E-state index contributed by atoms with van der Waals surface area (Å²) in [5.74, 6) is -0.847. The van der Waals surface area contributed by atoms with Crippen molar-refractivity contribution in [1.29, 1.82) is 0 Å². The molecule has 0 bridgehead atoms. The summed E-state index contributed by atoms with van der Waals surface area (Å²) in [6.45, 7) is 0.484. The van der Waals surface area contributed by atoms with Gasteiger partial charge < -0.3 is 4.74 Å². The highest BCUT2D eigenvalue weighted by Crippen LogP contribution is 2.20. The minimum absolute atomic E-state index is 0.0183. The summed E-state index contributed by atoms with van der Waals surface area (Å²) in [6.07, 6.45) is 0.814. The molecule has 1 aromatic carbocycles. The number of benzene rings is 1. The van der Waals surface area contributed by atoms with Gasteiger partial charge in [-0.3, -0.25) is 4.79 Å². The third-order valence-corrected chi connectivity index (χ3v) is 2.31. The van der Waals surface area contributed by atoms with Gasteiger partial charge in [-0.1, -0.05) is 17.7 Å². The van der Waals surface area contributed by atoms with E-state index in [1.807, 2.05) is 0 Å². The van der Waals surface area contributed by atoms with Crippen molar-refractivity contribution in [2.75, 3.05) is 13.7 Å². The highest BCUT2D eigenvalue weighted by Gasteiger charge is 2.14. The number of hydrogen-bond donors (Lipinski definition) is 0. The minimum Gasteiger partial charge on any atom is -0.385 e. The SMILES string of the molecule is COCCCC(=O)c1c(F)cccc1Cl. The van der Waals surface area contributed by atoms with Crippen LogP contribution in [0.15, 0.2) is 18.2 Å². The number of methoxy groups -OCH3 is 1. The van der Waals surface area contributed by atoms with Crippen LogP contribution in [0.3, 0.4) is 0 Å². The first kappa shape index (κ1) is 12.1. The lowest BCUT2D eigenvalue weighted by atomic mass is 10.1. The quantitative estimate of drug-likeness (QED) is 0.574. The van der Waals surface area contributed by atoms with Gasteiger partial charge in [0, 0.05) is 20.1 Å². The third kappa shape index (κ3) is 3.29. The van der Waals surface area contributed by atoms with Crippen molar-refractivity contribution in [3.05, 3.63) is 34.6 Å². The number of ketones is 1. The second-order valence-electron chi connectivity index (χ2n) is 3.12. The smallest absolute Gasteiger partial charge is 0.167 e. The Morgan fingerprint density at radius 2 is 2.27 bits per heavy atom. The zero-order chi connectivity index (χ0) is 11.3. The van der Waals surface area contributed by atoms with Gasteiger partial charge in [0.1, 0.15) is 5.82 Å². The Hall–Kier alpha value is -0.930. The zero-order valence-electron chi connectivity index (χ0n) is 8.43. The van der Waals surface area contributed by atoms with Gasteiger partial charge in [-0.05, 0) is 18.6 Å². The van der Waals surface area contributed by atoms with E-state index in [0.717, 1.165) is 0 Å². The Kier molecular flexibility index (Phi) is 4.72. The van der Waals surface area contributed by atoms with Gasteiger partial charge in [-0.25, -0.2) is 4.39 Å². The van der Waals surface area contributed by atoms with Crippen LogP contribution in [-0.2, 0) is 4.74 Å². The molecule has 0 atom stereocenters. The van der Waals surface area contributed by atoms with E-state index in [0.29, 0.717) is 13.0 Å². The van der Waals surface area contributed by atoms with E-state index in [4.69, 9.17) is 16.3 Å². The van der Waals surface area contributed by atoms with Crippen LogP contribution in [0.1, 0.15) is 23.2 Å². The Balaban J connectivity index is 2.73. The zero-order valence-corrected chi connectivity index (χ0v) is 9.18. The Labute approximate surface area is 93.0 Å². The number of ether oxygens (including phenoxy) is 1. The predicted molar refractivity (Wildman–Crippen MR) is 56.9 cm³/mol. The molecular formula is C11H12ClFO2. The van der Waals surface area contributed by atoms with Gasteiger partial charge >= 0.3 is 0 Å². The summed E-state index contributed by atoms with van der Waals surface area (Å²) in [5, 5.41) is 0.164. The molecule has 0 aromatic heterocycles. The molecule has 4 heteroatoms. The molecule has 0 radical (unpaired) electrons. The van der Waals surface area contributed by atoms with E-state index < -0.39 is 5.82 Å². The highest BCUT2D eigenvalue weighted by atomic mass is 35.5. The molecule has 0 aliphatic heterocycles. The van der Waals surface area contributed by atoms with Crippen molar-refractivity contribution in [1.82, 2.24) is 0 Å². The van der Waals surface area contributed by atoms with Crippen molar-refractivity contribution in [2.45, 2.75) is 12.8 Å². The van der Waals surface area contributed by atoms with Gasteiger partial charge in [0.05, 0.1) is 10.6 Å². The second kappa shape index (κ2) is 5.83. The highest BCUT2D eigenvalue weighted by molar-refractivity contribution is 6.34. The van der Waals surface area contributed by atoms with Gasteiger partial charge in [0.2, 0.25) is 0 Å². The number of hydrogen-bond acceptors (Lipinski definition) is 2. The first-order valence-electron chi connectivity index (χ1n) is 4.63. The van der Waals surface area contributed by atoms with E-state index >= 15 is 0 Å². The molecule has 0 spiro atoms. The third-order valence-electron chi connectivity index (χ3n) is 1.99. The van der Waals surface area contributed by atoms with Gasteiger partial charge in [-0.2, -0.15) is 0 Å². The van der Waals surface area contributed by atoms with Crippen molar-refractivity contribution >= 4 is 17.4 Å². The molecule has 0 aliphatic carbocycles. The average molecular weight is 231 g/mol. The molecule has 0 saturated carbocycles. The standard InChI is InChI=1S/C11H12ClFO2/c1-15-7-3-6-10(14)11-8(12)4-2-5-9(11)13/h2,4-5H,3,6-7H2,1H3.